The van der Waals surface area contributed by atoms with Gasteiger partial charge in [0, 0.05) is 21.7 Å². The molecule has 0 fully saturated rings. The lowest BCUT2D eigenvalue weighted by atomic mass is 10.1. The summed E-state index contributed by atoms with van der Waals surface area (Å²) in [4.78, 5) is 24.2. The fourth-order valence-electron chi connectivity index (χ4n) is 2.04. The number of carbonyl (C=O) groups is 2. The second-order valence-corrected chi connectivity index (χ2v) is 5.80. The molecule has 0 aromatic heterocycles. The van der Waals surface area contributed by atoms with Crippen molar-refractivity contribution in [3.63, 3.8) is 0 Å². The molecule has 2 rings (SSSR count). The standard InChI is InChI=1S/C17H16Cl2N2O4/c1-24-11-6-10(7-12(8-11)25-2)17(23)21-20-16(22)9-13-14(18)4-3-5-15(13)19/h3-8H,9H2,1-2H3,(H,20,22)(H,21,23). The average molecular weight is 383 g/mol. The molecule has 2 aromatic rings. The van der Waals surface area contributed by atoms with Crippen LogP contribution in [0, 0.1) is 0 Å². The number of carbonyl (C=O) groups excluding carboxylic acids is 2. The molecular formula is C17H16Cl2N2O4. The first-order valence-corrected chi connectivity index (χ1v) is 7.95. The highest BCUT2D eigenvalue weighted by molar-refractivity contribution is 6.36. The third-order valence-corrected chi connectivity index (χ3v) is 4.04. The zero-order chi connectivity index (χ0) is 18.4. The van der Waals surface area contributed by atoms with Crippen molar-refractivity contribution in [1.29, 1.82) is 0 Å². The molecule has 0 spiro atoms. The normalized spacial score (nSPS) is 10.1. The summed E-state index contributed by atoms with van der Waals surface area (Å²) < 4.78 is 10.2. The highest BCUT2D eigenvalue weighted by atomic mass is 35.5. The maximum absolute atomic E-state index is 12.2. The molecule has 0 bridgehead atoms. The van der Waals surface area contributed by atoms with Crippen LogP contribution in [0.3, 0.4) is 0 Å². The molecule has 0 unspecified atom stereocenters. The van der Waals surface area contributed by atoms with E-state index in [4.69, 9.17) is 32.7 Å². The molecule has 2 N–H and O–H groups in total. The molecule has 8 heteroatoms. The highest BCUT2D eigenvalue weighted by Gasteiger charge is 2.13. The van der Waals surface area contributed by atoms with Crippen LogP contribution in [-0.4, -0.2) is 26.0 Å². The summed E-state index contributed by atoms with van der Waals surface area (Å²) in [7, 11) is 2.96. The van der Waals surface area contributed by atoms with Crippen LogP contribution in [0.15, 0.2) is 36.4 Å². The SMILES string of the molecule is COc1cc(OC)cc(C(=O)NNC(=O)Cc2c(Cl)cccc2Cl)c1. The third kappa shape index (κ3) is 5.01. The molecule has 0 atom stereocenters. The van der Waals surface area contributed by atoms with Crippen molar-refractivity contribution in [2.24, 2.45) is 0 Å². The number of benzene rings is 2. The topological polar surface area (TPSA) is 76.7 Å². The van der Waals surface area contributed by atoms with E-state index in [0.29, 0.717) is 27.1 Å². The van der Waals surface area contributed by atoms with Crippen LogP contribution in [0.4, 0.5) is 0 Å². The predicted octanol–water partition coefficient (Wildman–Crippen LogP) is 3.01. The van der Waals surface area contributed by atoms with E-state index < -0.39 is 11.8 Å². The smallest absolute Gasteiger partial charge is 0.269 e. The first-order valence-electron chi connectivity index (χ1n) is 7.19. The number of nitrogens with one attached hydrogen (secondary N) is 2. The van der Waals surface area contributed by atoms with Crippen molar-refractivity contribution < 1.29 is 19.1 Å². The second-order valence-electron chi connectivity index (χ2n) is 4.98. The first-order chi connectivity index (χ1) is 11.9. The maximum atomic E-state index is 12.2. The summed E-state index contributed by atoms with van der Waals surface area (Å²) in [6.45, 7) is 0. The van der Waals surface area contributed by atoms with E-state index in [1.807, 2.05) is 0 Å². The number of rotatable bonds is 5. The van der Waals surface area contributed by atoms with Crippen molar-refractivity contribution in [1.82, 2.24) is 10.9 Å². The van der Waals surface area contributed by atoms with Gasteiger partial charge in [0.05, 0.1) is 20.6 Å². The Morgan fingerprint density at radius 3 is 2.04 bits per heavy atom. The largest absolute Gasteiger partial charge is 0.497 e. The summed E-state index contributed by atoms with van der Waals surface area (Å²) in [5.41, 5.74) is 5.40. The minimum Gasteiger partial charge on any atom is -0.497 e. The van der Waals surface area contributed by atoms with E-state index in [0.717, 1.165) is 0 Å². The molecule has 0 aliphatic heterocycles. The molecule has 0 radical (unpaired) electrons. The second kappa shape index (κ2) is 8.60. The third-order valence-electron chi connectivity index (χ3n) is 3.33. The maximum Gasteiger partial charge on any atom is 0.269 e. The fourth-order valence-corrected chi connectivity index (χ4v) is 2.57. The Morgan fingerprint density at radius 1 is 0.960 bits per heavy atom. The number of amides is 2. The molecule has 25 heavy (non-hydrogen) atoms. The van der Waals surface area contributed by atoms with Gasteiger partial charge in [0.25, 0.3) is 5.91 Å². The minimum atomic E-state index is -0.518. The molecule has 0 heterocycles. The van der Waals surface area contributed by atoms with Crippen LogP contribution in [0.2, 0.25) is 10.0 Å². The summed E-state index contributed by atoms with van der Waals surface area (Å²) in [5, 5.41) is 0.762. The van der Waals surface area contributed by atoms with E-state index in [1.54, 1.807) is 24.3 Å². The molecule has 132 valence electrons. The highest BCUT2D eigenvalue weighted by Crippen LogP contribution is 2.24. The van der Waals surface area contributed by atoms with Crippen LogP contribution in [-0.2, 0) is 11.2 Å². The molecule has 2 amide bonds. The van der Waals surface area contributed by atoms with Gasteiger partial charge in [-0.2, -0.15) is 0 Å². The molecule has 2 aromatic carbocycles. The van der Waals surface area contributed by atoms with Crippen molar-refractivity contribution in [2.45, 2.75) is 6.42 Å². The Bertz CT molecular complexity index is 754. The van der Waals surface area contributed by atoms with Crippen LogP contribution in [0.25, 0.3) is 0 Å². The van der Waals surface area contributed by atoms with Gasteiger partial charge in [-0.15, -0.1) is 0 Å². The van der Waals surface area contributed by atoms with E-state index in [-0.39, 0.29) is 12.0 Å². The molecule has 0 aliphatic carbocycles. The monoisotopic (exact) mass is 382 g/mol. The quantitative estimate of drug-likeness (QED) is 0.779. The number of halogens is 2. The molecule has 0 aliphatic rings. The zero-order valence-electron chi connectivity index (χ0n) is 13.6. The Morgan fingerprint density at radius 2 is 1.52 bits per heavy atom. The predicted molar refractivity (Wildman–Crippen MR) is 95.3 cm³/mol. The lowest BCUT2D eigenvalue weighted by Crippen LogP contribution is -2.42. The van der Waals surface area contributed by atoms with Gasteiger partial charge in [-0.1, -0.05) is 29.3 Å². The summed E-state index contributed by atoms with van der Waals surface area (Å²) in [6, 6.07) is 9.64. The number of methoxy groups -OCH3 is 2. The molecular weight excluding hydrogens is 367 g/mol. The number of hydrogen-bond donors (Lipinski definition) is 2. The molecule has 0 saturated heterocycles. The van der Waals surface area contributed by atoms with Gasteiger partial charge in [-0.05, 0) is 29.8 Å². The van der Waals surface area contributed by atoms with E-state index in [9.17, 15) is 9.59 Å². The van der Waals surface area contributed by atoms with Crippen molar-refractivity contribution in [2.75, 3.05) is 14.2 Å². The van der Waals surface area contributed by atoms with Crippen molar-refractivity contribution >= 4 is 35.0 Å². The van der Waals surface area contributed by atoms with Crippen LogP contribution in [0.1, 0.15) is 15.9 Å². The lowest BCUT2D eigenvalue weighted by molar-refractivity contribution is -0.121. The Hall–Kier alpha value is -2.44. The van der Waals surface area contributed by atoms with E-state index >= 15 is 0 Å². The zero-order valence-corrected chi connectivity index (χ0v) is 15.1. The Kier molecular flexibility index (Phi) is 6.50. The summed E-state index contributed by atoms with van der Waals surface area (Å²) in [6.07, 6.45) is -0.0692. The molecule has 0 saturated carbocycles. The van der Waals surface area contributed by atoms with Crippen LogP contribution in [0.5, 0.6) is 11.5 Å². The Labute approximate surface area is 155 Å². The summed E-state index contributed by atoms with van der Waals surface area (Å²) >= 11 is 12.0. The van der Waals surface area contributed by atoms with Gasteiger partial charge in [0.1, 0.15) is 11.5 Å². The van der Waals surface area contributed by atoms with E-state index in [2.05, 4.69) is 10.9 Å². The average Bonchev–Trinajstić information content (AvgIpc) is 2.62. The minimum absolute atomic E-state index is 0.0692. The van der Waals surface area contributed by atoms with E-state index in [1.165, 1.54) is 26.4 Å². The van der Waals surface area contributed by atoms with Gasteiger partial charge >= 0.3 is 0 Å². The van der Waals surface area contributed by atoms with Crippen molar-refractivity contribution in [3.05, 3.63) is 57.6 Å². The molecule has 6 nitrogen and oxygen atoms in total. The lowest BCUT2D eigenvalue weighted by Gasteiger charge is -2.11. The van der Waals surface area contributed by atoms with Crippen LogP contribution < -0.4 is 20.3 Å². The number of ether oxygens (including phenoxy) is 2. The van der Waals surface area contributed by atoms with Gasteiger partial charge in [-0.3, -0.25) is 20.4 Å². The first kappa shape index (κ1) is 18.9. The number of hydrazine groups is 1. The van der Waals surface area contributed by atoms with Gasteiger partial charge in [-0.25, -0.2) is 0 Å². The van der Waals surface area contributed by atoms with Gasteiger partial charge in [0.15, 0.2) is 0 Å². The fraction of sp³-hybridized carbons (Fsp3) is 0.176. The summed E-state index contributed by atoms with van der Waals surface area (Å²) in [5.74, 6) is -0.0635. The number of hydrogen-bond acceptors (Lipinski definition) is 4. The Balaban J connectivity index is 2.01. The van der Waals surface area contributed by atoms with Crippen molar-refractivity contribution in [3.8, 4) is 11.5 Å². The van der Waals surface area contributed by atoms with Gasteiger partial charge < -0.3 is 9.47 Å². The van der Waals surface area contributed by atoms with Gasteiger partial charge in [0.2, 0.25) is 5.91 Å². The van der Waals surface area contributed by atoms with Crippen LogP contribution >= 0.6 is 23.2 Å².